The summed E-state index contributed by atoms with van der Waals surface area (Å²) >= 11 is 5.80. The summed E-state index contributed by atoms with van der Waals surface area (Å²) in [6, 6.07) is 12.7. The molecule has 0 aliphatic heterocycles. The van der Waals surface area contributed by atoms with E-state index < -0.39 is 0 Å². The molecule has 0 spiro atoms. The smallest absolute Gasteiger partial charge is 0.122 e. The van der Waals surface area contributed by atoms with E-state index in [1.54, 1.807) is 18.2 Å². The molecule has 0 bridgehead atoms. The Hall–Kier alpha value is -1.87. The molecular formula is C13H13ClN2O. The van der Waals surface area contributed by atoms with Crippen LogP contribution in [-0.2, 0) is 6.61 Å². The van der Waals surface area contributed by atoms with Crippen molar-refractivity contribution in [2.45, 2.75) is 6.61 Å². The van der Waals surface area contributed by atoms with E-state index in [9.17, 15) is 0 Å². The summed E-state index contributed by atoms with van der Waals surface area (Å²) in [4.78, 5) is 0. The second kappa shape index (κ2) is 4.97. The highest BCUT2D eigenvalue weighted by Gasteiger charge is 1.99. The molecule has 2 aromatic rings. The number of hydrogen-bond acceptors (Lipinski definition) is 3. The van der Waals surface area contributed by atoms with Crippen LogP contribution in [0.25, 0.3) is 0 Å². The quantitative estimate of drug-likeness (QED) is 0.821. The molecule has 3 nitrogen and oxygen atoms in total. The van der Waals surface area contributed by atoms with Crippen LogP contribution in [0.1, 0.15) is 5.56 Å². The van der Waals surface area contributed by atoms with Gasteiger partial charge in [-0.15, -0.1) is 0 Å². The van der Waals surface area contributed by atoms with E-state index in [-0.39, 0.29) is 0 Å². The maximum atomic E-state index is 5.80. The van der Waals surface area contributed by atoms with Crippen molar-refractivity contribution in [3.8, 4) is 5.75 Å². The van der Waals surface area contributed by atoms with Crippen molar-refractivity contribution in [2.75, 3.05) is 11.5 Å². The first-order valence-electron chi connectivity index (χ1n) is 5.17. The number of ether oxygens (including phenoxy) is 1. The Morgan fingerprint density at radius 2 is 1.65 bits per heavy atom. The summed E-state index contributed by atoms with van der Waals surface area (Å²) in [6.45, 7) is 0.473. The molecule has 2 rings (SSSR count). The molecule has 0 radical (unpaired) electrons. The molecule has 0 heterocycles. The fourth-order valence-electron chi connectivity index (χ4n) is 1.39. The molecule has 0 amide bonds. The molecule has 0 aliphatic carbocycles. The fourth-order valence-corrected chi connectivity index (χ4v) is 1.52. The lowest BCUT2D eigenvalue weighted by Crippen LogP contribution is -1.98. The van der Waals surface area contributed by atoms with Crippen molar-refractivity contribution < 1.29 is 4.74 Å². The summed E-state index contributed by atoms with van der Waals surface area (Å²) in [7, 11) is 0. The number of nitrogen functional groups attached to an aromatic ring is 2. The highest BCUT2D eigenvalue weighted by molar-refractivity contribution is 6.30. The van der Waals surface area contributed by atoms with Gasteiger partial charge in [0.15, 0.2) is 0 Å². The third-order valence-electron chi connectivity index (χ3n) is 2.38. The average Bonchev–Trinajstić information content (AvgIpc) is 2.33. The molecule has 0 aromatic heterocycles. The van der Waals surface area contributed by atoms with Gasteiger partial charge in [0.2, 0.25) is 0 Å². The molecule has 88 valence electrons. The second-order valence-electron chi connectivity index (χ2n) is 3.71. The van der Waals surface area contributed by atoms with Crippen LogP contribution >= 0.6 is 11.6 Å². The van der Waals surface area contributed by atoms with Gasteiger partial charge in [-0.1, -0.05) is 23.7 Å². The monoisotopic (exact) mass is 248 g/mol. The molecule has 4 N–H and O–H groups in total. The normalized spacial score (nSPS) is 10.2. The van der Waals surface area contributed by atoms with Crippen molar-refractivity contribution in [2.24, 2.45) is 0 Å². The Morgan fingerprint density at radius 3 is 2.29 bits per heavy atom. The fraction of sp³-hybridized carbons (Fsp3) is 0.0769. The van der Waals surface area contributed by atoms with E-state index in [0.29, 0.717) is 28.8 Å². The molecular weight excluding hydrogens is 236 g/mol. The minimum atomic E-state index is 0.473. The number of benzene rings is 2. The lowest BCUT2D eigenvalue weighted by atomic mass is 10.2. The zero-order valence-electron chi connectivity index (χ0n) is 9.19. The highest BCUT2D eigenvalue weighted by Crippen LogP contribution is 2.22. The van der Waals surface area contributed by atoms with Crippen LogP contribution in [0.2, 0.25) is 5.02 Å². The average molecular weight is 249 g/mol. The SMILES string of the molecule is Nc1ccc(OCc2ccc(Cl)cc2)cc1N. The third kappa shape index (κ3) is 3.04. The number of anilines is 2. The first-order chi connectivity index (χ1) is 8.15. The van der Waals surface area contributed by atoms with Gasteiger partial charge >= 0.3 is 0 Å². The highest BCUT2D eigenvalue weighted by atomic mass is 35.5. The van der Waals surface area contributed by atoms with Crippen molar-refractivity contribution in [3.05, 3.63) is 53.1 Å². The topological polar surface area (TPSA) is 61.3 Å². The van der Waals surface area contributed by atoms with Gasteiger partial charge in [-0.25, -0.2) is 0 Å². The van der Waals surface area contributed by atoms with Crippen molar-refractivity contribution >= 4 is 23.0 Å². The summed E-state index contributed by atoms with van der Waals surface area (Å²) in [5.41, 5.74) is 13.4. The zero-order chi connectivity index (χ0) is 12.3. The standard InChI is InChI=1S/C13H13ClN2O/c14-10-3-1-9(2-4-10)8-17-11-5-6-12(15)13(16)7-11/h1-7H,8,15-16H2. The lowest BCUT2D eigenvalue weighted by Gasteiger charge is -2.08. The number of hydrogen-bond donors (Lipinski definition) is 2. The number of halogens is 1. The van der Waals surface area contributed by atoms with E-state index in [0.717, 1.165) is 5.56 Å². The third-order valence-corrected chi connectivity index (χ3v) is 2.63. The molecule has 0 saturated carbocycles. The molecule has 0 unspecified atom stereocenters. The van der Waals surface area contributed by atoms with Crippen LogP contribution in [-0.4, -0.2) is 0 Å². The Bertz CT molecular complexity index is 511. The number of rotatable bonds is 3. The zero-order valence-corrected chi connectivity index (χ0v) is 9.95. The molecule has 0 fully saturated rings. The second-order valence-corrected chi connectivity index (χ2v) is 4.14. The van der Waals surface area contributed by atoms with Crippen molar-refractivity contribution in [1.82, 2.24) is 0 Å². The van der Waals surface area contributed by atoms with Gasteiger partial charge in [-0.05, 0) is 29.8 Å². The summed E-state index contributed by atoms with van der Waals surface area (Å²) in [5, 5.41) is 0.713. The van der Waals surface area contributed by atoms with Crippen LogP contribution in [0.3, 0.4) is 0 Å². The Labute approximate surface area is 105 Å². The predicted molar refractivity (Wildman–Crippen MR) is 71.1 cm³/mol. The first kappa shape index (κ1) is 11.6. The van der Waals surface area contributed by atoms with Gasteiger partial charge in [0, 0.05) is 11.1 Å². The van der Waals surface area contributed by atoms with Gasteiger partial charge in [-0.2, -0.15) is 0 Å². The number of nitrogens with two attached hydrogens (primary N) is 2. The first-order valence-corrected chi connectivity index (χ1v) is 5.55. The minimum Gasteiger partial charge on any atom is -0.489 e. The van der Waals surface area contributed by atoms with Gasteiger partial charge in [-0.3, -0.25) is 0 Å². The lowest BCUT2D eigenvalue weighted by molar-refractivity contribution is 0.306. The Balaban J connectivity index is 2.02. The predicted octanol–water partition coefficient (Wildman–Crippen LogP) is 3.08. The van der Waals surface area contributed by atoms with E-state index in [2.05, 4.69) is 0 Å². The minimum absolute atomic E-state index is 0.473. The summed E-state index contributed by atoms with van der Waals surface area (Å²) in [5.74, 6) is 0.701. The molecule has 0 atom stereocenters. The molecule has 0 saturated heterocycles. The summed E-state index contributed by atoms with van der Waals surface area (Å²) < 4.78 is 5.59. The maximum absolute atomic E-state index is 5.80. The van der Waals surface area contributed by atoms with Gasteiger partial charge < -0.3 is 16.2 Å². The van der Waals surface area contributed by atoms with Crippen LogP contribution in [0, 0.1) is 0 Å². The van der Waals surface area contributed by atoms with E-state index in [1.165, 1.54) is 0 Å². The van der Waals surface area contributed by atoms with Crippen LogP contribution < -0.4 is 16.2 Å². The van der Waals surface area contributed by atoms with E-state index in [1.807, 2.05) is 24.3 Å². The Kier molecular flexibility index (Phi) is 3.40. The largest absolute Gasteiger partial charge is 0.489 e. The van der Waals surface area contributed by atoms with Crippen LogP contribution in [0.4, 0.5) is 11.4 Å². The molecule has 17 heavy (non-hydrogen) atoms. The van der Waals surface area contributed by atoms with Gasteiger partial charge in [0.25, 0.3) is 0 Å². The van der Waals surface area contributed by atoms with Crippen LogP contribution in [0.5, 0.6) is 5.75 Å². The molecule has 4 heteroatoms. The molecule has 0 aliphatic rings. The van der Waals surface area contributed by atoms with E-state index in [4.69, 9.17) is 27.8 Å². The maximum Gasteiger partial charge on any atom is 0.122 e. The van der Waals surface area contributed by atoms with Crippen molar-refractivity contribution in [1.29, 1.82) is 0 Å². The summed E-state index contributed by atoms with van der Waals surface area (Å²) in [6.07, 6.45) is 0. The van der Waals surface area contributed by atoms with Gasteiger partial charge in [0.1, 0.15) is 12.4 Å². The van der Waals surface area contributed by atoms with Crippen LogP contribution in [0.15, 0.2) is 42.5 Å². The van der Waals surface area contributed by atoms with Crippen molar-refractivity contribution in [3.63, 3.8) is 0 Å². The van der Waals surface area contributed by atoms with E-state index >= 15 is 0 Å². The Morgan fingerprint density at radius 1 is 0.941 bits per heavy atom. The molecule has 2 aromatic carbocycles. The van der Waals surface area contributed by atoms with Gasteiger partial charge in [0.05, 0.1) is 11.4 Å².